The summed E-state index contributed by atoms with van der Waals surface area (Å²) >= 11 is 0. The van der Waals surface area contributed by atoms with Crippen molar-refractivity contribution in [3.05, 3.63) is 138 Å². The van der Waals surface area contributed by atoms with Crippen molar-refractivity contribution < 1.29 is 0 Å². The molecule has 0 bridgehead atoms. The van der Waals surface area contributed by atoms with Crippen LogP contribution in [0.15, 0.2) is 127 Å². The van der Waals surface area contributed by atoms with Crippen molar-refractivity contribution in [3.63, 3.8) is 0 Å². The Kier molecular flexibility index (Phi) is 6.87. The van der Waals surface area contributed by atoms with E-state index in [0.717, 1.165) is 29.6 Å². The van der Waals surface area contributed by atoms with Crippen LogP contribution in [0.1, 0.15) is 44.7 Å². The third-order valence-corrected chi connectivity index (χ3v) is 8.65. The first-order valence-corrected chi connectivity index (χ1v) is 15.4. The number of para-hydroxylation sites is 3. The molecule has 1 aromatic heterocycles. The third kappa shape index (κ3) is 4.27. The smallest absolute Gasteiger partial charge is 0.0804 e. The van der Waals surface area contributed by atoms with Crippen molar-refractivity contribution >= 4 is 61.5 Å². The SMILES string of the molecule is CC.CC1=C(c2c(C)ccc3c2N(c2ccccc2)c2ccc4[nH]c5ccccc5c4c2N3c2ccccc2)CCC=C1. The molecule has 5 aromatic carbocycles. The molecular weight excluding hydrogens is 522 g/mol. The largest absolute Gasteiger partial charge is 0.354 e. The molecule has 43 heavy (non-hydrogen) atoms. The van der Waals surface area contributed by atoms with E-state index < -0.39 is 0 Å². The van der Waals surface area contributed by atoms with Gasteiger partial charge in [-0.2, -0.15) is 0 Å². The molecule has 0 saturated carbocycles. The molecule has 3 nitrogen and oxygen atoms in total. The first-order chi connectivity index (χ1) is 21.2. The van der Waals surface area contributed by atoms with E-state index in [2.05, 4.69) is 150 Å². The van der Waals surface area contributed by atoms with Crippen molar-refractivity contribution in [2.45, 2.75) is 40.5 Å². The van der Waals surface area contributed by atoms with Gasteiger partial charge < -0.3 is 14.8 Å². The lowest BCUT2D eigenvalue weighted by Gasteiger charge is -2.42. The third-order valence-electron chi connectivity index (χ3n) is 8.65. The van der Waals surface area contributed by atoms with Gasteiger partial charge in [0, 0.05) is 38.7 Å². The number of nitrogens with one attached hydrogen (secondary N) is 1. The highest BCUT2D eigenvalue weighted by Crippen LogP contribution is 2.59. The Morgan fingerprint density at radius 1 is 0.605 bits per heavy atom. The number of nitrogens with zero attached hydrogens (tertiary/aromatic N) is 2. The van der Waals surface area contributed by atoms with Crippen molar-refractivity contribution in [3.8, 4) is 0 Å². The average molecular weight is 560 g/mol. The van der Waals surface area contributed by atoms with Crippen LogP contribution in [-0.2, 0) is 0 Å². The van der Waals surface area contributed by atoms with Crippen molar-refractivity contribution in [2.75, 3.05) is 9.80 Å². The van der Waals surface area contributed by atoms with Crippen LogP contribution in [0.2, 0.25) is 0 Å². The Hall–Kier alpha value is -5.02. The molecule has 0 atom stereocenters. The Balaban J connectivity index is 0.00000147. The second-order valence-corrected chi connectivity index (χ2v) is 11.1. The quantitative estimate of drug-likeness (QED) is 0.233. The molecule has 212 valence electrons. The summed E-state index contributed by atoms with van der Waals surface area (Å²) in [5.41, 5.74) is 14.9. The van der Waals surface area contributed by atoms with E-state index in [4.69, 9.17) is 0 Å². The number of rotatable bonds is 3. The number of anilines is 6. The number of aromatic nitrogens is 1. The Labute approximate surface area is 254 Å². The highest BCUT2D eigenvalue weighted by molar-refractivity contribution is 6.21. The van der Waals surface area contributed by atoms with Gasteiger partial charge >= 0.3 is 0 Å². The molecule has 1 N–H and O–H groups in total. The van der Waals surface area contributed by atoms with Gasteiger partial charge in [-0.05, 0) is 91.9 Å². The topological polar surface area (TPSA) is 22.3 Å². The first kappa shape index (κ1) is 26.9. The minimum Gasteiger partial charge on any atom is -0.354 e. The number of aromatic amines is 1. The maximum absolute atomic E-state index is 3.70. The molecule has 8 rings (SSSR count). The minimum absolute atomic E-state index is 1.04. The lowest BCUT2D eigenvalue weighted by molar-refractivity contribution is 1.03. The van der Waals surface area contributed by atoms with Gasteiger partial charge in [0.25, 0.3) is 0 Å². The van der Waals surface area contributed by atoms with Gasteiger partial charge in [-0.15, -0.1) is 0 Å². The summed E-state index contributed by atoms with van der Waals surface area (Å²) in [5.74, 6) is 0. The standard InChI is InChI=1S/C38H31N3.C2H6/c1-25-13-9-10-18-29(25)35-26(2)21-23-33-37(35)40(27-14-5-3-6-15-27)34-24-22-32-36(30-19-11-12-20-31(30)39-32)38(34)41(33)28-16-7-4-8-17-28;1-2/h3-9,11-17,19-24,39H,10,18H2,1-2H3;1-2H3. The zero-order chi connectivity index (χ0) is 29.5. The lowest BCUT2D eigenvalue weighted by atomic mass is 9.86. The minimum atomic E-state index is 1.04. The van der Waals surface area contributed by atoms with E-state index in [1.165, 1.54) is 61.5 Å². The summed E-state index contributed by atoms with van der Waals surface area (Å²) in [4.78, 5) is 8.69. The number of hydrogen-bond donors (Lipinski definition) is 1. The van der Waals surface area contributed by atoms with E-state index in [0.29, 0.717) is 0 Å². The zero-order valence-corrected chi connectivity index (χ0v) is 25.4. The summed E-state index contributed by atoms with van der Waals surface area (Å²) < 4.78 is 0. The maximum atomic E-state index is 3.70. The van der Waals surface area contributed by atoms with Crippen molar-refractivity contribution in [2.24, 2.45) is 0 Å². The van der Waals surface area contributed by atoms with Crippen LogP contribution in [0, 0.1) is 6.92 Å². The lowest BCUT2D eigenvalue weighted by Crippen LogP contribution is -2.26. The van der Waals surface area contributed by atoms with E-state index in [1.54, 1.807) is 0 Å². The number of allylic oxidation sites excluding steroid dienone is 4. The number of fused-ring (bicyclic) bond motifs is 6. The second kappa shape index (κ2) is 11.0. The fourth-order valence-electron chi connectivity index (χ4n) is 6.83. The molecule has 1 aliphatic carbocycles. The van der Waals surface area contributed by atoms with Crippen molar-refractivity contribution in [1.82, 2.24) is 4.98 Å². The highest BCUT2D eigenvalue weighted by atomic mass is 15.3. The Morgan fingerprint density at radius 3 is 1.91 bits per heavy atom. The van der Waals surface area contributed by atoms with Gasteiger partial charge in [-0.1, -0.05) is 86.7 Å². The van der Waals surface area contributed by atoms with Gasteiger partial charge in [-0.25, -0.2) is 0 Å². The van der Waals surface area contributed by atoms with Crippen LogP contribution in [-0.4, -0.2) is 4.98 Å². The van der Waals surface area contributed by atoms with Crippen LogP contribution in [0.5, 0.6) is 0 Å². The van der Waals surface area contributed by atoms with E-state index in [-0.39, 0.29) is 0 Å². The molecule has 0 saturated heterocycles. The summed E-state index contributed by atoms with van der Waals surface area (Å²) in [6.07, 6.45) is 6.71. The number of hydrogen-bond acceptors (Lipinski definition) is 2. The molecule has 0 radical (unpaired) electrons. The fourth-order valence-corrected chi connectivity index (χ4v) is 6.83. The molecule has 2 aliphatic rings. The summed E-state index contributed by atoms with van der Waals surface area (Å²) in [6.45, 7) is 8.53. The molecule has 0 unspecified atom stereocenters. The predicted octanol–water partition coefficient (Wildman–Crippen LogP) is 12.0. The van der Waals surface area contributed by atoms with Gasteiger partial charge in [-0.3, -0.25) is 0 Å². The highest BCUT2D eigenvalue weighted by Gasteiger charge is 2.36. The molecule has 2 heterocycles. The van der Waals surface area contributed by atoms with Gasteiger partial charge in [0.05, 0.1) is 22.7 Å². The molecule has 0 fully saturated rings. The summed E-state index contributed by atoms with van der Waals surface area (Å²) in [7, 11) is 0. The number of benzene rings is 5. The van der Waals surface area contributed by atoms with Gasteiger partial charge in [0.2, 0.25) is 0 Å². The van der Waals surface area contributed by atoms with Crippen LogP contribution >= 0.6 is 0 Å². The molecular formula is C40H37N3. The Morgan fingerprint density at radius 2 is 1.21 bits per heavy atom. The maximum Gasteiger partial charge on any atom is 0.0804 e. The predicted molar refractivity (Wildman–Crippen MR) is 186 cm³/mol. The molecule has 0 spiro atoms. The van der Waals surface area contributed by atoms with Crippen LogP contribution in [0.3, 0.4) is 0 Å². The van der Waals surface area contributed by atoms with Crippen LogP contribution < -0.4 is 9.80 Å². The fraction of sp³-hybridized carbons (Fsp3) is 0.150. The van der Waals surface area contributed by atoms with E-state index >= 15 is 0 Å². The normalized spacial score (nSPS) is 14.0. The second-order valence-electron chi connectivity index (χ2n) is 11.1. The molecule has 3 heteroatoms. The number of H-pyrrole nitrogens is 1. The zero-order valence-electron chi connectivity index (χ0n) is 25.4. The van der Waals surface area contributed by atoms with E-state index in [9.17, 15) is 0 Å². The first-order valence-electron chi connectivity index (χ1n) is 15.4. The summed E-state index contributed by atoms with van der Waals surface area (Å²) in [6, 6.07) is 39.5. The van der Waals surface area contributed by atoms with Crippen molar-refractivity contribution in [1.29, 1.82) is 0 Å². The summed E-state index contributed by atoms with van der Waals surface area (Å²) in [5, 5.41) is 2.48. The Bertz CT molecular complexity index is 2010. The molecule has 0 amide bonds. The van der Waals surface area contributed by atoms with Gasteiger partial charge in [0.15, 0.2) is 0 Å². The van der Waals surface area contributed by atoms with Crippen LogP contribution in [0.25, 0.3) is 27.4 Å². The van der Waals surface area contributed by atoms with Gasteiger partial charge in [0.1, 0.15) is 0 Å². The average Bonchev–Trinajstić information content (AvgIpc) is 3.45. The monoisotopic (exact) mass is 559 g/mol. The van der Waals surface area contributed by atoms with Crippen LogP contribution in [0.4, 0.5) is 34.1 Å². The molecule has 6 aromatic rings. The van der Waals surface area contributed by atoms with E-state index in [1.807, 2.05) is 13.8 Å². The number of aryl methyl sites for hydroxylation is 1. The molecule has 1 aliphatic heterocycles.